The number of cyclic esters (lactones) is 1. The van der Waals surface area contributed by atoms with E-state index in [1.807, 2.05) is 65.9 Å². The van der Waals surface area contributed by atoms with Crippen molar-refractivity contribution in [3.63, 3.8) is 0 Å². The lowest BCUT2D eigenvalue weighted by Gasteiger charge is -2.46. The van der Waals surface area contributed by atoms with Gasteiger partial charge in [-0.15, -0.1) is 0 Å². The van der Waals surface area contributed by atoms with Crippen molar-refractivity contribution >= 4 is 29.5 Å². The van der Waals surface area contributed by atoms with Gasteiger partial charge in [-0.1, -0.05) is 32.9 Å². The van der Waals surface area contributed by atoms with E-state index < -0.39 is 77.4 Å². The fourth-order valence-electron chi connectivity index (χ4n) is 9.96. The number of ketones is 1. The third-order valence-electron chi connectivity index (χ3n) is 13.0. The van der Waals surface area contributed by atoms with Crippen molar-refractivity contribution in [2.75, 3.05) is 33.4 Å². The number of esters is 1. The molecule has 5 aliphatic rings. The molecule has 6 rings (SSSR count). The Bertz CT molecular complexity index is 1690. The normalized spacial score (nSPS) is 38.1. The fourth-order valence-corrected chi connectivity index (χ4v) is 9.96. The SMILES string of the molecule is CC[C@H]1OC(=O)[C@H](C)C(=O)[C@H](C)[C@@H](O[C@@H]2O[C@H](C)C[C@H](N(C)Cc3ccc(OCCCC(=O)NO)cc3)[C@H]2O)[C@@]2(C)C[C@@H](CO2)C2=NCCN3C(=O)O[C@@]1(C)[C@H]3[C@H]2C. The van der Waals surface area contributed by atoms with Gasteiger partial charge in [-0.05, 0) is 78.1 Å². The fraction of sp³-hybridized carbons (Fsp3) is 0.738. The van der Waals surface area contributed by atoms with Crippen molar-refractivity contribution in [2.45, 2.75) is 141 Å². The third kappa shape index (κ3) is 8.78. The molecule has 0 radical (unpaired) electrons. The number of aliphatic hydroxyl groups is 1. The summed E-state index contributed by atoms with van der Waals surface area (Å²) in [6.07, 6.45) is -2.76. The number of hydrogen-bond acceptors (Lipinski definition) is 14. The first kappa shape index (κ1) is 43.9. The molecule has 0 aromatic heterocycles. The van der Waals surface area contributed by atoms with E-state index in [0.717, 1.165) is 11.3 Å². The quantitative estimate of drug-likeness (QED) is 0.0964. The molecule has 0 aliphatic carbocycles. The smallest absolute Gasteiger partial charge is 0.410 e. The number of rotatable bonds is 11. The average molecular weight is 815 g/mol. The number of nitrogens with one attached hydrogen (secondary N) is 1. The van der Waals surface area contributed by atoms with Gasteiger partial charge in [-0.2, -0.15) is 0 Å². The second-order valence-electron chi connectivity index (χ2n) is 17.3. The highest BCUT2D eigenvalue weighted by molar-refractivity contribution is 6.00. The number of benzene rings is 1. The minimum atomic E-state index is -1.17. The first-order valence-electron chi connectivity index (χ1n) is 20.8. The highest BCUT2D eigenvalue weighted by Crippen LogP contribution is 2.46. The Labute approximate surface area is 340 Å². The minimum absolute atomic E-state index is 0.153. The number of carbonyl (C=O) groups is 4. The summed E-state index contributed by atoms with van der Waals surface area (Å²) in [5.74, 6) is -3.37. The van der Waals surface area contributed by atoms with E-state index in [-0.39, 0.29) is 30.4 Å². The maximum Gasteiger partial charge on any atom is 0.410 e. The van der Waals surface area contributed by atoms with Gasteiger partial charge in [0.15, 0.2) is 17.7 Å². The van der Waals surface area contributed by atoms with Crippen LogP contribution >= 0.6 is 0 Å². The van der Waals surface area contributed by atoms with E-state index in [9.17, 15) is 24.3 Å². The van der Waals surface area contributed by atoms with Crippen LogP contribution < -0.4 is 10.2 Å². The molecule has 16 heteroatoms. The number of hydroxylamine groups is 1. The van der Waals surface area contributed by atoms with Crippen LogP contribution in [0.25, 0.3) is 0 Å². The number of fused-ring (bicyclic) bond motifs is 4. The van der Waals surface area contributed by atoms with Crippen LogP contribution in [-0.4, -0.2) is 137 Å². The lowest BCUT2D eigenvalue weighted by atomic mass is 9.74. The topological polar surface area (TPSA) is 195 Å². The van der Waals surface area contributed by atoms with Crippen molar-refractivity contribution in [1.29, 1.82) is 0 Å². The number of Topliss-reactive ketones (excluding diaryl/α,β-unsaturated/α-hetero) is 1. The van der Waals surface area contributed by atoms with Gasteiger partial charge in [0, 0.05) is 49.0 Å². The van der Waals surface area contributed by atoms with Gasteiger partial charge in [0.25, 0.3) is 0 Å². The van der Waals surface area contributed by atoms with Crippen molar-refractivity contribution in [3.8, 4) is 5.75 Å². The Hall–Kier alpha value is -3.67. The summed E-state index contributed by atoms with van der Waals surface area (Å²) >= 11 is 0. The van der Waals surface area contributed by atoms with Crippen LogP contribution in [-0.2, 0) is 44.6 Å². The molecule has 4 bridgehead atoms. The Kier molecular flexibility index (Phi) is 13.5. The number of aliphatic hydroxyl groups excluding tert-OH is 1. The lowest BCUT2D eigenvalue weighted by Crippen LogP contribution is -2.59. The molecule has 5 heterocycles. The molecule has 3 N–H and O–H groups in total. The number of aliphatic imine (C=N–C) groups is 1. The summed E-state index contributed by atoms with van der Waals surface area (Å²) in [5.41, 5.74) is 1.27. The summed E-state index contributed by atoms with van der Waals surface area (Å²) in [6.45, 7) is 14.7. The van der Waals surface area contributed by atoms with Gasteiger partial charge in [0.2, 0.25) is 5.91 Å². The molecule has 4 saturated heterocycles. The number of hydrogen-bond donors (Lipinski definition) is 3. The lowest BCUT2D eigenvalue weighted by molar-refractivity contribution is -0.293. The second kappa shape index (κ2) is 17.9. The van der Waals surface area contributed by atoms with E-state index in [0.29, 0.717) is 64.3 Å². The maximum atomic E-state index is 14.3. The molecule has 1 aromatic carbocycles. The van der Waals surface area contributed by atoms with Crippen LogP contribution in [0, 0.1) is 23.7 Å². The molecular formula is C42H62N4O12. The van der Waals surface area contributed by atoms with Crippen molar-refractivity contribution < 1.29 is 57.9 Å². The maximum absolute atomic E-state index is 14.3. The zero-order valence-electron chi connectivity index (χ0n) is 35.0. The van der Waals surface area contributed by atoms with Crippen molar-refractivity contribution in [3.05, 3.63) is 29.8 Å². The molecule has 1 aromatic rings. The summed E-state index contributed by atoms with van der Waals surface area (Å²) < 4.78 is 37.7. The first-order chi connectivity index (χ1) is 27.5. The minimum Gasteiger partial charge on any atom is -0.494 e. The van der Waals surface area contributed by atoms with Crippen LogP contribution in [0.5, 0.6) is 5.75 Å². The highest BCUT2D eigenvalue weighted by Gasteiger charge is 2.61. The number of likely N-dealkylation sites (N-methyl/N-ethyl adjacent to an activating group) is 1. The predicted octanol–water partition coefficient (Wildman–Crippen LogP) is 3.67. The highest BCUT2D eigenvalue weighted by atomic mass is 16.7. The van der Waals surface area contributed by atoms with Gasteiger partial charge in [-0.3, -0.25) is 34.4 Å². The molecule has 2 amide bonds. The molecule has 0 saturated carbocycles. The molecule has 0 spiro atoms. The van der Waals surface area contributed by atoms with Gasteiger partial charge in [0.1, 0.15) is 23.9 Å². The van der Waals surface area contributed by atoms with Crippen LogP contribution in [0.3, 0.4) is 0 Å². The van der Waals surface area contributed by atoms with E-state index in [2.05, 4.69) is 4.90 Å². The standard InChI is InChI=1S/C42H62N4O12/c1-9-31-42(7)36-24(3)33(43-16-17-46(36)40(51)58-42)28-20-41(6,54-22-28)37(25(4)34(48)26(5)38(50)56-31)57-39-35(49)30(19-23(2)55-39)45(8)21-27-12-14-29(15-13-27)53-18-10-11-32(47)44-52/h12-15,23-26,28,30-31,35-37,39,49,52H,9-11,16-22H2,1-8H3,(H,44,47)/t23-,24+,25+,26-,28+,30+,31-,35-,36-,37-,39+,41-,42-/m1/s1. The van der Waals surface area contributed by atoms with Crippen LogP contribution in [0.2, 0.25) is 0 Å². The molecule has 5 aliphatic heterocycles. The molecular weight excluding hydrogens is 752 g/mol. The molecule has 322 valence electrons. The summed E-state index contributed by atoms with van der Waals surface area (Å²) in [6, 6.07) is 6.75. The summed E-state index contributed by atoms with van der Waals surface area (Å²) in [5, 5.41) is 20.6. The van der Waals surface area contributed by atoms with E-state index in [4.69, 9.17) is 38.6 Å². The van der Waals surface area contributed by atoms with E-state index in [1.54, 1.807) is 17.3 Å². The van der Waals surface area contributed by atoms with Crippen molar-refractivity contribution in [1.82, 2.24) is 15.3 Å². The Morgan fingerprint density at radius 2 is 1.83 bits per heavy atom. The van der Waals surface area contributed by atoms with Crippen LogP contribution in [0.1, 0.15) is 86.1 Å². The zero-order valence-corrected chi connectivity index (χ0v) is 35.0. The Morgan fingerprint density at radius 3 is 2.52 bits per heavy atom. The van der Waals surface area contributed by atoms with E-state index in [1.165, 1.54) is 6.92 Å². The van der Waals surface area contributed by atoms with Gasteiger partial charge in [-0.25, -0.2) is 10.3 Å². The van der Waals surface area contributed by atoms with Gasteiger partial charge < -0.3 is 33.5 Å². The van der Waals surface area contributed by atoms with Gasteiger partial charge >= 0.3 is 12.1 Å². The molecule has 58 heavy (non-hydrogen) atoms. The van der Waals surface area contributed by atoms with Crippen LogP contribution in [0.4, 0.5) is 4.79 Å². The Morgan fingerprint density at radius 1 is 1.10 bits per heavy atom. The molecule has 4 fully saturated rings. The first-order valence-corrected chi connectivity index (χ1v) is 20.8. The summed E-state index contributed by atoms with van der Waals surface area (Å²) in [4.78, 5) is 61.6. The third-order valence-corrected chi connectivity index (χ3v) is 13.0. The number of nitrogens with zero attached hydrogens (tertiary/aromatic N) is 3. The zero-order chi connectivity index (χ0) is 42.1. The largest absolute Gasteiger partial charge is 0.494 e. The second-order valence-corrected chi connectivity index (χ2v) is 17.3. The number of carbonyl (C=O) groups excluding carboxylic acids is 4. The van der Waals surface area contributed by atoms with Crippen molar-refractivity contribution in [2.24, 2.45) is 28.7 Å². The van der Waals surface area contributed by atoms with Gasteiger partial charge in [0.05, 0.1) is 43.6 Å². The average Bonchev–Trinajstić information content (AvgIpc) is 3.65. The predicted molar refractivity (Wildman–Crippen MR) is 209 cm³/mol. The summed E-state index contributed by atoms with van der Waals surface area (Å²) in [7, 11) is 1.93. The Balaban J connectivity index is 1.22. The number of amides is 2. The molecule has 13 atom stereocenters. The molecule has 0 unspecified atom stereocenters. The number of ether oxygens (including phenoxy) is 6. The monoisotopic (exact) mass is 814 g/mol. The molecule has 16 nitrogen and oxygen atoms in total. The van der Waals surface area contributed by atoms with E-state index >= 15 is 0 Å². The van der Waals surface area contributed by atoms with Crippen LogP contribution in [0.15, 0.2) is 29.3 Å².